The van der Waals surface area contributed by atoms with E-state index in [0.717, 1.165) is 29.8 Å². The predicted molar refractivity (Wildman–Crippen MR) is 94.0 cm³/mol. The summed E-state index contributed by atoms with van der Waals surface area (Å²) in [6, 6.07) is 9.58. The summed E-state index contributed by atoms with van der Waals surface area (Å²) in [5, 5.41) is 22.7. The van der Waals surface area contributed by atoms with Gasteiger partial charge in [-0.25, -0.2) is 4.79 Å². The molecule has 3 rings (SSSR count). The Morgan fingerprint density at radius 1 is 1.33 bits per heavy atom. The van der Waals surface area contributed by atoms with Gasteiger partial charge in [-0.05, 0) is 30.7 Å². The van der Waals surface area contributed by atoms with Gasteiger partial charge in [0.15, 0.2) is 0 Å². The minimum atomic E-state index is -0.466. The summed E-state index contributed by atoms with van der Waals surface area (Å²) in [5.41, 5.74) is 0.946. The summed E-state index contributed by atoms with van der Waals surface area (Å²) in [4.78, 5) is 14.1. The number of aliphatic hydroxyl groups excluding tert-OH is 1. The fourth-order valence-corrected chi connectivity index (χ4v) is 3.63. The van der Waals surface area contributed by atoms with Crippen LogP contribution in [0.4, 0.5) is 9.93 Å². The number of aryl methyl sites for hydroxylation is 1. The molecule has 24 heavy (non-hydrogen) atoms. The lowest BCUT2D eigenvalue weighted by Gasteiger charge is -2.34. The lowest BCUT2D eigenvalue weighted by molar-refractivity contribution is 0.0683. The van der Waals surface area contributed by atoms with E-state index in [1.54, 1.807) is 4.90 Å². The third kappa shape index (κ3) is 3.91. The van der Waals surface area contributed by atoms with Crippen LogP contribution in [0.1, 0.15) is 36.4 Å². The highest BCUT2D eigenvalue weighted by atomic mass is 32.1. The molecule has 2 heterocycles. The normalized spacial score (nSPS) is 16.8. The predicted octanol–water partition coefficient (Wildman–Crippen LogP) is 3.08. The first kappa shape index (κ1) is 16.9. The molecule has 1 aliphatic rings. The number of carbonyl (C=O) groups is 1. The van der Waals surface area contributed by atoms with Crippen LogP contribution in [-0.4, -0.2) is 39.3 Å². The first-order valence-electron chi connectivity index (χ1n) is 8.28. The smallest absolute Gasteiger partial charge is 0.323 e. The number of nitrogens with one attached hydrogen (secondary N) is 1. The number of hydrogen-bond acceptors (Lipinski definition) is 5. The summed E-state index contributed by atoms with van der Waals surface area (Å²) in [7, 11) is 0. The van der Waals surface area contributed by atoms with E-state index in [1.165, 1.54) is 11.3 Å². The Labute approximate surface area is 145 Å². The number of amides is 2. The molecule has 1 aliphatic heterocycles. The lowest BCUT2D eigenvalue weighted by atomic mass is 9.87. The topological polar surface area (TPSA) is 78.4 Å². The summed E-state index contributed by atoms with van der Waals surface area (Å²) < 4.78 is 0. The molecule has 6 nitrogen and oxygen atoms in total. The van der Waals surface area contributed by atoms with E-state index in [0.29, 0.717) is 18.2 Å². The zero-order valence-corrected chi connectivity index (χ0v) is 14.5. The highest BCUT2D eigenvalue weighted by molar-refractivity contribution is 7.15. The second kappa shape index (κ2) is 7.72. The van der Waals surface area contributed by atoms with Gasteiger partial charge >= 0.3 is 6.03 Å². The number of piperidine rings is 1. The molecule has 2 aromatic rings. The first-order valence-corrected chi connectivity index (χ1v) is 9.10. The Kier molecular flexibility index (Phi) is 5.42. The molecule has 0 aliphatic carbocycles. The highest BCUT2D eigenvalue weighted by Crippen LogP contribution is 2.30. The average Bonchev–Trinajstić information content (AvgIpc) is 3.09. The lowest BCUT2D eigenvalue weighted by Crippen LogP contribution is -2.42. The zero-order chi connectivity index (χ0) is 16.9. The molecule has 0 bridgehead atoms. The van der Waals surface area contributed by atoms with Crippen molar-refractivity contribution in [3.05, 3.63) is 40.9 Å². The van der Waals surface area contributed by atoms with Gasteiger partial charge in [0.25, 0.3) is 0 Å². The number of urea groups is 1. The second-order valence-corrected chi connectivity index (χ2v) is 7.03. The van der Waals surface area contributed by atoms with E-state index >= 15 is 0 Å². The summed E-state index contributed by atoms with van der Waals surface area (Å²) >= 11 is 1.41. The molecule has 1 saturated heterocycles. The Balaban J connectivity index is 1.52. The molecule has 2 amide bonds. The van der Waals surface area contributed by atoms with Gasteiger partial charge in [0.2, 0.25) is 5.13 Å². The van der Waals surface area contributed by atoms with Crippen LogP contribution in [0.3, 0.4) is 0 Å². The van der Waals surface area contributed by atoms with E-state index in [-0.39, 0.29) is 11.9 Å². The maximum atomic E-state index is 12.3. The van der Waals surface area contributed by atoms with Gasteiger partial charge in [0.1, 0.15) is 5.01 Å². The maximum absolute atomic E-state index is 12.3. The molecular formula is C17H22N4O2S. The molecule has 7 heteroatoms. The van der Waals surface area contributed by atoms with Crippen LogP contribution in [-0.2, 0) is 6.42 Å². The number of anilines is 1. The van der Waals surface area contributed by atoms with E-state index in [9.17, 15) is 9.90 Å². The summed E-state index contributed by atoms with van der Waals surface area (Å²) in [6.07, 6.45) is 1.93. The molecule has 1 fully saturated rings. The van der Waals surface area contributed by atoms with Crippen molar-refractivity contribution in [3.8, 4) is 0 Å². The molecule has 1 atom stereocenters. The van der Waals surface area contributed by atoms with Crippen LogP contribution >= 0.6 is 11.3 Å². The Bertz CT molecular complexity index is 668. The highest BCUT2D eigenvalue weighted by Gasteiger charge is 2.28. The van der Waals surface area contributed by atoms with Crippen molar-refractivity contribution >= 4 is 22.5 Å². The molecule has 1 aromatic heterocycles. The number of rotatable bonds is 4. The van der Waals surface area contributed by atoms with Crippen molar-refractivity contribution in [1.82, 2.24) is 15.1 Å². The number of aliphatic hydroxyl groups is 1. The van der Waals surface area contributed by atoms with Gasteiger partial charge in [-0.3, -0.25) is 5.32 Å². The van der Waals surface area contributed by atoms with Crippen molar-refractivity contribution in [2.24, 2.45) is 5.92 Å². The Morgan fingerprint density at radius 2 is 2.04 bits per heavy atom. The van der Waals surface area contributed by atoms with E-state index in [2.05, 4.69) is 15.5 Å². The van der Waals surface area contributed by atoms with Crippen LogP contribution in [0, 0.1) is 5.92 Å². The van der Waals surface area contributed by atoms with Crippen LogP contribution in [0.2, 0.25) is 0 Å². The fraction of sp³-hybridized carbons (Fsp3) is 0.471. The molecule has 0 radical (unpaired) electrons. The molecule has 2 N–H and O–H groups in total. The van der Waals surface area contributed by atoms with Gasteiger partial charge in [0, 0.05) is 13.1 Å². The first-order chi connectivity index (χ1) is 11.7. The average molecular weight is 346 g/mol. The molecule has 128 valence electrons. The standard InChI is InChI=1S/C17H22N4O2S/c1-2-14-19-20-16(24-14)18-17(23)21-10-8-13(9-11-21)15(22)12-6-4-3-5-7-12/h3-7,13,15,22H,2,8-11H2,1H3,(H,18,20,23)/t15-/m1/s1. The van der Waals surface area contributed by atoms with E-state index in [1.807, 2.05) is 37.3 Å². The largest absolute Gasteiger partial charge is 0.388 e. The summed E-state index contributed by atoms with van der Waals surface area (Å²) in [5.74, 6) is 0.185. The van der Waals surface area contributed by atoms with Gasteiger partial charge in [-0.15, -0.1) is 10.2 Å². The minimum Gasteiger partial charge on any atom is -0.388 e. The van der Waals surface area contributed by atoms with Gasteiger partial charge in [-0.1, -0.05) is 48.6 Å². The third-order valence-electron chi connectivity index (χ3n) is 4.40. The molecule has 0 unspecified atom stereocenters. The number of benzene rings is 1. The van der Waals surface area contributed by atoms with Gasteiger partial charge < -0.3 is 10.0 Å². The number of likely N-dealkylation sites (tertiary alicyclic amines) is 1. The van der Waals surface area contributed by atoms with Crippen molar-refractivity contribution < 1.29 is 9.90 Å². The Hall–Kier alpha value is -1.99. The zero-order valence-electron chi connectivity index (χ0n) is 13.7. The second-order valence-electron chi connectivity index (χ2n) is 5.96. The minimum absolute atomic E-state index is 0.138. The molecule has 1 aromatic carbocycles. The maximum Gasteiger partial charge on any atom is 0.323 e. The van der Waals surface area contributed by atoms with Crippen LogP contribution < -0.4 is 5.32 Å². The van der Waals surface area contributed by atoms with Crippen molar-refractivity contribution in [1.29, 1.82) is 0 Å². The number of aromatic nitrogens is 2. The SMILES string of the molecule is CCc1nnc(NC(=O)N2CCC([C@H](O)c3ccccc3)CC2)s1. The fourth-order valence-electron chi connectivity index (χ4n) is 2.96. The van der Waals surface area contributed by atoms with Gasteiger partial charge in [-0.2, -0.15) is 0 Å². The number of carbonyl (C=O) groups excluding carboxylic acids is 1. The van der Waals surface area contributed by atoms with Crippen molar-refractivity contribution in [3.63, 3.8) is 0 Å². The van der Waals surface area contributed by atoms with Crippen LogP contribution in [0.5, 0.6) is 0 Å². The number of hydrogen-bond donors (Lipinski definition) is 2. The van der Waals surface area contributed by atoms with E-state index < -0.39 is 6.10 Å². The summed E-state index contributed by atoms with van der Waals surface area (Å²) in [6.45, 7) is 3.29. The number of nitrogens with zero attached hydrogens (tertiary/aromatic N) is 3. The quantitative estimate of drug-likeness (QED) is 0.892. The molecule has 0 spiro atoms. The van der Waals surface area contributed by atoms with Crippen LogP contribution in [0.15, 0.2) is 30.3 Å². The molecule has 0 saturated carbocycles. The molecular weight excluding hydrogens is 324 g/mol. The van der Waals surface area contributed by atoms with Crippen molar-refractivity contribution in [2.45, 2.75) is 32.3 Å². The third-order valence-corrected chi connectivity index (χ3v) is 5.38. The van der Waals surface area contributed by atoms with Crippen molar-refractivity contribution in [2.75, 3.05) is 18.4 Å². The van der Waals surface area contributed by atoms with E-state index in [4.69, 9.17) is 0 Å². The Morgan fingerprint density at radius 3 is 2.67 bits per heavy atom. The monoisotopic (exact) mass is 346 g/mol. The van der Waals surface area contributed by atoms with Gasteiger partial charge in [0.05, 0.1) is 6.10 Å². The van der Waals surface area contributed by atoms with Crippen LogP contribution in [0.25, 0.3) is 0 Å².